The zero-order valence-corrected chi connectivity index (χ0v) is 17.0. The first-order chi connectivity index (χ1) is 13.2. The van der Waals surface area contributed by atoms with Gasteiger partial charge in [-0.1, -0.05) is 41.9 Å². The number of hydrogen-bond donors (Lipinski definition) is 1. The van der Waals surface area contributed by atoms with Crippen LogP contribution in [0.25, 0.3) is 0 Å². The maximum Gasteiger partial charge on any atom is 0.179 e. The topological polar surface area (TPSA) is 33.7 Å². The van der Waals surface area contributed by atoms with Crippen molar-refractivity contribution in [2.75, 3.05) is 26.8 Å². The van der Waals surface area contributed by atoms with Crippen LogP contribution in [0.2, 0.25) is 5.02 Å². The summed E-state index contributed by atoms with van der Waals surface area (Å²) in [5, 5.41) is 4.27. The summed E-state index contributed by atoms with van der Waals surface area (Å²) in [6.07, 6.45) is 2.32. The lowest BCUT2D eigenvalue weighted by Gasteiger charge is -2.32. The van der Waals surface area contributed by atoms with Crippen molar-refractivity contribution >= 4 is 11.6 Å². The normalized spacial score (nSPS) is 15.7. The number of piperidine rings is 1. The molecule has 27 heavy (non-hydrogen) atoms. The summed E-state index contributed by atoms with van der Waals surface area (Å²) in [4.78, 5) is 2.53. The van der Waals surface area contributed by atoms with Gasteiger partial charge in [-0.15, -0.1) is 0 Å². The van der Waals surface area contributed by atoms with Gasteiger partial charge in [0.05, 0.1) is 18.7 Å². The molecule has 0 aromatic heterocycles. The Labute approximate surface area is 167 Å². The van der Waals surface area contributed by atoms with Crippen molar-refractivity contribution in [3.8, 4) is 11.5 Å². The lowest BCUT2D eigenvalue weighted by molar-refractivity contribution is 0.190. The Hall–Kier alpha value is -1.75. The summed E-state index contributed by atoms with van der Waals surface area (Å²) in [6.45, 7) is 6.62. The highest BCUT2D eigenvalue weighted by atomic mass is 35.5. The zero-order chi connectivity index (χ0) is 19.1. The van der Waals surface area contributed by atoms with Crippen molar-refractivity contribution < 1.29 is 9.47 Å². The van der Waals surface area contributed by atoms with E-state index in [-0.39, 0.29) is 0 Å². The second kappa shape index (κ2) is 9.98. The summed E-state index contributed by atoms with van der Waals surface area (Å²) in [7, 11) is 1.62. The number of benzene rings is 2. The molecular formula is C22H29ClN2O2. The first kappa shape index (κ1) is 20.0. The van der Waals surface area contributed by atoms with Gasteiger partial charge >= 0.3 is 0 Å². The van der Waals surface area contributed by atoms with Crippen molar-refractivity contribution in [1.29, 1.82) is 0 Å². The number of halogens is 1. The van der Waals surface area contributed by atoms with Crippen LogP contribution >= 0.6 is 11.6 Å². The quantitative estimate of drug-likeness (QED) is 0.721. The van der Waals surface area contributed by atoms with Crippen LogP contribution in [-0.4, -0.2) is 37.7 Å². The van der Waals surface area contributed by atoms with E-state index in [0.717, 1.165) is 44.6 Å². The molecule has 2 aromatic rings. The Morgan fingerprint density at radius 2 is 1.85 bits per heavy atom. The van der Waals surface area contributed by atoms with Crippen LogP contribution in [0.5, 0.6) is 11.5 Å². The van der Waals surface area contributed by atoms with E-state index >= 15 is 0 Å². The first-order valence-electron chi connectivity index (χ1n) is 9.68. The number of nitrogens with zero attached hydrogens (tertiary/aromatic N) is 1. The molecule has 0 bridgehead atoms. The third-order valence-corrected chi connectivity index (χ3v) is 5.29. The molecule has 2 aromatic carbocycles. The molecule has 1 fully saturated rings. The molecule has 4 nitrogen and oxygen atoms in total. The van der Waals surface area contributed by atoms with Crippen molar-refractivity contribution in [1.82, 2.24) is 10.2 Å². The minimum absolute atomic E-state index is 0.536. The molecule has 1 heterocycles. The Balaban J connectivity index is 1.50. The number of likely N-dealkylation sites (tertiary alicyclic amines) is 1. The van der Waals surface area contributed by atoms with Crippen LogP contribution in [0.3, 0.4) is 0 Å². The Morgan fingerprint density at radius 1 is 1.11 bits per heavy atom. The van der Waals surface area contributed by atoms with Gasteiger partial charge in [0, 0.05) is 19.1 Å². The number of methoxy groups -OCH3 is 1. The van der Waals surface area contributed by atoms with Crippen molar-refractivity contribution in [3.05, 3.63) is 58.6 Å². The number of rotatable bonds is 8. The second-order valence-corrected chi connectivity index (χ2v) is 7.37. The van der Waals surface area contributed by atoms with Crippen LogP contribution < -0.4 is 14.8 Å². The van der Waals surface area contributed by atoms with E-state index in [0.29, 0.717) is 29.2 Å². The molecule has 3 rings (SSSR count). The average Bonchev–Trinajstić information content (AvgIpc) is 2.68. The van der Waals surface area contributed by atoms with Crippen LogP contribution in [0.15, 0.2) is 42.5 Å². The third-order valence-electron chi connectivity index (χ3n) is 5.00. The molecular weight excluding hydrogens is 360 g/mol. The van der Waals surface area contributed by atoms with Gasteiger partial charge in [0.15, 0.2) is 11.5 Å². The van der Waals surface area contributed by atoms with Crippen molar-refractivity contribution in [2.24, 2.45) is 0 Å². The largest absolute Gasteiger partial charge is 0.491 e. The van der Waals surface area contributed by atoms with Gasteiger partial charge in [0.2, 0.25) is 0 Å². The Kier molecular flexibility index (Phi) is 7.39. The minimum atomic E-state index is 0.536. The maximum absolute atomic E-state index is 6.35. The number of ether oxygens (including phenoxy) is 2. The molecule has 0 spiro atoms. The van der Waals surface area contributed by atoms with Crippen LogP contribution in [0.1, 0.15) is 30.9 Å². The smallest absolute Gasteiger partial charge is 0.179 e. The fourth-order valence-electron chi connectivity index (χ4n) is 3.58. The van der Waals surface area contributed by atoms with Gasteiger partial charge in [-0.05, 0) is 56.1 Å². The summed E-state index contributed by atoms with van der Waals surface area (Å²) in [6, 6.07) is 15.2. The highest BCUT2D eigenvalue weighted by Crippen LogP contribution is 2.36. The van der Waals surface area contributed by atoms with Crippen molar-refractivity contribution in [3.63, 3.8) is 0 Å². The molecule has 0 unspecified atom stereocenters. The van der Waals surface area contributed by atoms with E-state index in [1.165, 1.54) is 5.56 Å². The van der Waals surface area contributed by atoms with E-state index < -0.39 is 0 Å². The van der Waals surface area contributed by atoms with E-state index in [9.17, 15) is 0 Å². The summed E-state index contributed by atoms with van der Waals surface area (Å²) in [5.41, 5.74) is 2.51. The predicted octanol–water partition coefficient (Wildman–Crippen LogP) is 4.50. The monoisotopic (exact) mass is 388 g/mol. The van der Waals surface area contributed by atoms with E-state index in [4.69, 9.17) is 21.1 Å². The van der Waals surface area contributed by atoms with Gasteiger partial charge in [-0.25, -0.2) is 0 Å². The Morgan fingerprint density at radius 3 is 2.52 bits per heavy atom. The van der Waals surface area contributed by atoms with Crippen molar-refractivity contribution in [2.45, 2.75) is 38.9 Å². The molecule has 5 heteroatoms. The SMILES string of the molecule is CCOc1cc(CNC2CCN(Cc3ccccc3)CC2)cc(Cl)c1OC. The van der Waals surface area contributed by atoms with Crippen LogP contribution in [-0.2, 0) is 13.1 Å². The number of hydrogen-bond acceptors (Lipinski definition) is 4. The molecule has 0 amide bonds. The average molecular weight is 389 g/mol. The van der Waals surface area contributed by atoms with Gasteiger partial charge in [-0.2, -0.15) is 0 Å². The fraction of sp³-hybridized carbons (Fsp3) is 0.455. The van der Waals surface area contributed by atoms with Gasteiger partial charge in [0.1, 0.15) is 0 Å². The van der Waals surface area contributed by atoms with Crippen LogP contribution in [0.4, 0.5) is 0 Å². The number of nitrogens with one attached hydrogen (secondary N) is 1. The molecule has 1 aliphatic rings. The summed E-state index contributed by atoms with van der Waals surface area (Å²) < 4.78 is 11.0. The fourth-order valence-corrected chi connectivity index (χ4v) is 3.89. The molecule has 0 saturated carbocycles. The first-order valence-corrected chi connectivity index (χ1v) is 10.1. The lowest BCUT2D eigenvalue weighted by Crippen LogP contribution is -2.41. The molecule has 0 radical (unpaired) electrons. The molecule has 146 valence electrons. The van der Waals surface area contributed by atoms with Gasteiger partial charge in [0.25, 0.3) is 0 Å². The second-order valence-electron chi connectivity index (χ2n) is 6.96. The molecule has 1 aliphatic heterocycles. The van der Waals surface area contributed by atoms with E-state index in [1.807, 2.05) is 19.1 Å². The predicted molar refractivity (Wildman–Crippen MR) is 111 cm³/mol. The molecule has 1 N–H and O–H groups in total. The maximum atomic E-state index is 6.35. The van der Waals surface area contributed by atoms with Gasteiger partial charge in [-0.3, -0.25) is 4.90 Å². The highest BCUT2D eigenvalue weighted by Gasteiger charge is 2.19. The standard InChI is InChI=1S/C22H29ClN2O2/c1-3-27-21-14-18(13-20(23)22(21)26-2)15-24-19-9-11-25(12-10-19)16-17-7-5-4-6-8-17/h4-8,13-14,19,24H,3,9-12,15-16H2,1-2H3. The molecule has 0 atom stereocenters. The van der Waals surface area contributed by atoms with E-state index in [2.05, 4.69) is 40.5 Å². The minimum Gasteiger partial charge on any atom is -0.491 e. The summed E-state index contributed by atoms with van der Waals surface area (Å²) in [5.74, 6) is 1.32. The summed E-state index contributed by atoms with van der Waals surface area (Å²) >= 11 is 6.35. The Bertz CT molecular complexity index is 716. The molecule has 1 saturated heterocycles. The molecule has 0 aliphatic carbocycles. The van der Waals surface area contributed by atoms with E-state index in [1.54, 1.807) is 7.11 Å². The zero-order valence-electron chi connectivity index (χ0n) is 16.2. The van der Waals surface area contributed by atoms with Gasteiger partial charge < -0.3 is 14.8 Å². The third kappa shape index (κ3) is 5.61. The highest BCUT2D eigenvalue weighted by molar-refractivity contribution is 6.32. The van der Waals surface area contributed by atoms with Crippen LogP contribution in [0, 0.1) is 0 Å². The lowest BCUT2D eigenvalue weighted by atomic mass is 10.0.